The zero-order chi connectivity index (χ0) is 13.7. The van der Waals surface area contributed by atoms with Crippen molar-refractivity contribution in [2.45, 2.75) is 19.7 Å². The van der Waals surface area contributed by atoms with Crippen molar-refractivity contribution in [3.05, 3.63) is 42.2 Å². The van der Waals surface area contributed by atoms with Crippen LogP contribution in [0.1, 0.15) is 18.1 Å². The average Bonchev–Trinajstić information content (AvgIpc) is 2.87. The van der Waals surface area contributed by atoms with Crippen LogP contribution in [0.25, 0.3) is 0 Å². The first-order chi connectivity index (χ1) is 9.20. The fraction of sp³-hybridized carbons (Fsp3) is 0.333. The highest BCUT2D eigenvalue weighted by Gasteiger charge is 2.11. The van der Waals surface area contributed by atoms with Crippen LogP contribution in [0.5, 0.6) is 5.75 Å². The van der Waals surface area contributed by atoms with Crippen LogP contribution >= 0.6 is 0 Å². The van der Waals surface area contributed by atoms with Gasteiger partial charge in [0.25, 0.3) is 0 Å². The first-order valence-electron chi connectivity index (χ1n) is 5.73. The first kappa shape index (κ1) is 13.4. The molecule has 102 valence electrons. The van der Waals surface area contributed by atoms with Gasteiger partial charge in [0.2, 0.25) is 0 Å². The molecule has 2 aromatic rings. The van der Waals surface area contributed by atoms with Crippen LogP contribution in [-0.4, -0.2) is 21.6 Å². The van der Waals surface area contributed by atoms with Gasteiger partial charge in [-0.05, 0) is 19.2 Å². The molecular weight excluding hydrogens is 254 g/mol. The minimum atomic E-state index is -2.61. The predicted octanol–water partition coefficient (Wildman–Crippen LogP) is 1.97. The Hall–Kier alpha value is -2.02. The molecule has 2 rings (SSSR count). The predicted molar refractivity (Wildman–Crippen MR) is 64.8 cm³/mol. The molecular formula is C12H14F2N4O. The molecule has 5 nitrogen and oxygen atoms in total. The topological polar surface area (TPSA) is 52.0 Å². The Kier molecular flexibility index (Phi) is 4.40. The zero-order valence-electron chi connectivity index (χ0n) is 10.4. The fourth-order valence-electron chi connectivity index (χ4n) is 1.56. The van der Waals surface area contributed by atoms with Crippen LogP contribution < -0.4 is 10.1 Å². The molecule has 0 aliphatic heterocycles. The van der Waals surface area contributed by atoms with Gasteiger partial charge in [-0.2, -0.15) is 8.78 Å². The maximum atomic E-state index is 12.6. The first-order valence-corrected chi connectivity index (χ1v) is 5.73. The number of hydrogen-bond donors (Lipinski definition) is 1. The maximum Gasteiger partial charge on any atom is 0.320 e. The molecule has 0 aliphatic carbocycles. The lowest BCUT2D eigenvalue weighted by atomic mass is 10.3. The summed E-state index contributed by atoms with van der Waals surface area (Å²) in [7, 11) is 1.83. The molecule has 0 spiro atoms. The Morgan fingerprint density at radius 1 is 1.37 bits per heavy atom. The minimum absolute atomic E-state index is 0.0234. The van der Waals surface area contributed by atoms with E-state index in [9.17, 15) is 8.78 Å². The summed E-state index contributed by atoms with van der Waals surface area (Å²) in [5.41, 5.74) is 0.879. The van der Waals surface area contributed by atoms with E-state index in [1.165, 1.54) is 12.4 Å². The number of ether oxygens (including phenoxy) is 1. The molecule has 0 saturated heterocycles. The van der Waals surface area contributed by atoms with Gasteiger partial charge in [-0.1, -0.05) is 0 Å². The molecule has 0 saturated carbocycles. The van der Waals surface area contributed by atoms with Gasteiger partial charge in [0.15, 0.2) is 5.82 Å². The molecule has 0 fully saturated rings. The highest BCUT2D eigenvalue weighted by molar-refractivity contribution is 5.20. The van der Waals surface area contributed by atoms with Gasteiger partial charge in [-0.25, -0.2) is 4.98 Å². The molecule has 0 amide bonds. The highest BCUT2D eigenvalue weighted by Crippen LogP contribution is 2.15. The van der Waals surface area contributed by atoms with E-state index in [1.807, 2.05) is 13.1 Å². The summed E-state index contributed by atoms with van der Waals surface area (Å²) >= 11 is 0. The lowest BCUT2D eigenvalue weighted by molar-refractivity contribution is 0.0632. The van der Waals surface area contributed by atoms with E-state index >= 15 is 0 Å². The van der Waals surface area contributed by atoms with E-state index in [4.69, 9.17) is 4.74 Å². The van der Waals surface area contributed by atoms with E-state index in [2.05, 4.69) is 15.3 Å². The fourth-order valence-corrected chi connectivity index (χ4v) is 1.56. The second kappa shape index (κ2) is 6.24. The summed E-state index contributed by atoms with van der Waals surface area (Å²) in [5.74, 6) is 0.693. The Labute approximate surface area is 109 Å². The van der Waals surface area contributed by atoms with Gasteiger partial charge in [0.1, 0.15) is 12.4 Å². The number of nitrogens with zero attached hydrogens (tertiary/aromatic N) is 3. The maximum absolute atomic E-state index is 12.6. The Balaban J connectivity index is 1.96. The quantitative estimate of drug-likeness (QED) is 0.870. The lowest BCUT2D eigenvalue weighted by Crippen LogP contribution is -2.08. The highest BCUT2D eigenvalue weighted by atomic mass is 19.3. The molecule has 0 bridgehead atoms. The number of imidazole rings is 1. The standard InChI is InChI=1S/C12H14F2N4O/c1-15-6-9-2-3-10(7-17-9)19-8-11-16-4-5-18(11)12(13)14/h2-5,7,12,15H,6,8H2,1H3. The van der Waals surface area contributed by atoms with Gasteiger partial charge in [-0.3, -0.25) is 9.55 Å². The van der Waals surface area contributed by atoms with Crippen molar-refractivity contribution >= 4 is 0 Å². The second-order valence-corrected chi connectivity index (χ2v) is 3.83. The van der Waals surface area contributed by atoms with Crippen LogP contribution in [0.2, 0.25) is 0 Å². The summed E-state index contributed by atoms with van der Waals surface area (Å²) in [5, 5.41) is 2.98. The third-order valence-electron chi connectivity index (χ3n) is 2.48. The van der Waals surface area contributed by atoms with Crippen LogP contribution in [0.4, 0.5) is 8.78 Å². The van der Waals surface area contributed by atoms with Crippen molar-refractivity contribution in [2.75, 3.05) is 7.05 Å². The zero-order valence-corrected chi connectivity index (χ0v) is 10.4. The molecule has 7 heteroatoms. The van der Waals surface area contributed by atoms with Gasteiger partial charge in [0.05, 0.1) is 11.9 Å². The molecule has 0 unspecified atom stereocenters. The minimum Gasteiger partial charge on any atom is -0.484 e. The molecule has 2 heterocycles. The van der Waals surface area contributed by atoms with Crippen molar-refractivity contribution in [3.8, 4) is 5.75 Å². The number of aromatic nitrogens is 3. The third-order valence-corrected chi connectivity index (χ3v) is 2.48. The summed E-state index contributed by atoms with van der Waals surface area (Å²) in [4.78, 5) is 7.99. The third kappa shape index (κ3) is 3.47. The SMILES string of the molecule is CNCc1ccc(OCc2nccn2C(F)F)cn1. The van der Waals surface area contributed by atoms with Crippen LogP contribution in [0, 0.1) is 0 Å². The van der Waals surface area contributed by atoms with Crippen molar-refractivity contribution in [2.24, 2.45) is 0 Å². The summed E-state index contributed by atoms with van der Waals surface area (Å²) < 4.78 is 31.3. The molecule has 2 aromatic heterocycles. The van der Waals surface area contributed by atoms with Crippen molar-refractivity contribution in [1.29, 1.82) is 0 Å². The molecule has 19 heavy (non-hydrogen) atoms. The monoisotopic (exact) mass is 268 g/mol. The Morgan fingerprint density at radius 3 is 2.84 bits per heavy atom. The summed E-state index contributed by atoms with van der Waals surface area (Å²) in [6.45, 7) is -1.97. The van der Waals surface area contributed by atoms with Gasteiger partial charge in [0, 0.05) is 18.9 Å². The number of alkyl halides is 2. The van der Waals surface area contributed by atoms with Gasteiger partial charge in [-0.15, -0.1) is 0 Å². The number of pyridine rings is 1. The van der Waals surface area contributed by atoms with Crippen molar-refractivity contribution in [1.82, 2.24) is 19.9 Å². The van der Waals surface area contributed by atoms with Crippen LogP contribution in [0.15, 0.2) is 30.7 Å². The van der Waals surface area contributed by atoms with Crippen molar-refractivity contribution in [3.63, 3.8) is 0 Å². The van der Waals surface area contributed by atoms with Crippen LogP contribution in [-0.2, 0) is 13.2 Å². The number of halogens is 2. The second-order valence-electron chi connectivity index (χ2n) is 3.83. The number of rotatable bonds is 6. The number of hydrogen-bond acceptors (Lipinski definition) is 4. The lowest BCUT2D eigenvalue weighted by Gasteiger charge is -2.08. The molecule has 1 N–H and O–H groups in total. The summed E-state index contributed by atoms with van der Waals surface area (Å²) in [6, 6.07) is 3.56. The molecule has 0 atom stereocenters. The smallest absolute Gasteiger partial charge is 0.320 e. The Bertz CT molecular complexity index is 513. The molecule has 0 aromatic carbocycles. The largest absolute Gasteiger partial charge is 0.484 e. The van der Waals surface area contributed by atoms with E-state index < -0.39 is 6.55 Å². The molecule has 0 radical (unpaired) electrons. The summed E-state index contributed by atoms with van der Waals surface area (Å²) in [6.07, 6.45) is 4.10. The van der Waals surface area contributed by atoms with Crippen LogP contribution in [0.3, 0.4) is 0 Å². The van der Waals surface area contributed by atoms with E-state index in [0.717, 1.165) is 10.3 Å². The van der Waals surface area contributed by atoms with E-state index in [-0.39, 0.29) is 12.4 Å². The average molecular weight is 268 g/mol. The normalized spacial score (nSPS) is 10.9. The van der Waals surface area contributed by atoms with Gasteiger partial charge >= 0.3 is 6.55 Å². The van der Waals surface area contributed by atoms with Gasteiger partial charge < -0.3 is 10.1 Å². The number of nitrogens with one attached hydrogen (secondary N) is 1. The van der Waals surface area contributed by atoms with Crippen molar-refractivity contribution < 1.29 is 13.5 Å². The molecule has 0 aliphatic rings. The van der Waals surface area contributed by atoms with E-state index in [0.29, 0.717) is 12.3 Å². The Morgan fingerprint density at radius 2 is 2.21 bits per heavy atom. The van der Waals surface area contributed by atoms with E-state index in [1.54, 1.807) is 12.3 Å².